The lowest BCUT2D eigenvalue weighted by atomic mass is 9.86. The molecule has 0 bridgehead atoms. The van der Waals surface area contributed by atoms with Crippen molar-refractivity contribution >= 4 is 27.8 Å². The molecular formula is C12H15BrN2O3. The molecule has 0 atom stereocenters. The van der Waals surface area contributed by atoms with E-state index < -0.39 is 5.97 Å². The highest BCUT2D eigenvalue weighted by Gasteiger charge is 2.26. The number of carbonyl (C=O) groups is 2. The molecule has 1 aromatic heterocycles. The highest BCUT2D eigenvalue weighted by atomic mass is 79.9. The summed E-state index contributed by atoms with van der Waals surface area (Å²) in [6.45, 7) is 0. The van der Waals surface area contributed by atoms with E-state index in [1.165, 1.54) is 0 Å². The van der Waals surface area contributed by atoms with Crippen LogP contribution in [0.3, 0.4) is 0 Å². The summed E-state index contributed by atoms with van der Waals surface area (Å²) in [4.78, 5) is 25.5. The number of halogens is 1. The highest BCUT2D eigenvalue weighted by Crippen LogP contribution is 2.24. The molecule has 5 nitrogen and oxygen atoms in total. The SMILES string of the molecule is O=C(NC1CCC(C(=O)O)CC1)c1cc(Br)c[nH]1. The molecule has 1 aliphatic rings. The zero-order valence-electron chi connectivity index (χ0n) is 9.78. The minimum absolute atomic E-state index is 0.0789. The van der Waals surface area contributed by atoms with Gasteiger partial charge in [0.15, 0.2) is 0 Å². The van der Waals surface area contributed by atoms with E-state index in [9.17, 15) is 9.59 Å². The van der Waals surface area contributed by atoms with E-state index in [-0.39, 0.29) is 17.9 Å². The number of rotatable bonds is 3. The van der Waals surface area contributed by atoms with Crippen molar-refractivity contribution in [3.8, 4) is 0 Å². The number of aromatic amines is 1. The summed E-state index contributed by atoms with van der Waals surface area (Å²) < 4.78 is 0.835. The maximum Gasteiger partial charge on any atom is 0.306 e. The van der Waals surface area contributed by atoms with E-state index in [2.05, 4.69) is 26.2 Å². The molecular weight excluding hydrogens is 300 g/mol. The van der Waals surface area contributed by atoms with Crippen LogP contribution in [0.5, 0.6) is 0 Å². The molecule has 1 heterocycles. The summed E-state index contributed by atoms with van der Waals surface area (Å²) in [5.41, 5.74) is 0.516. The number of hydrogen-bond donors (Lipinski definition) is 3. The van der Waals surface area contributed by atoms with Crippen LogP contribution < -0.4 is 5.32 Å². The lowest BCUT2D eigenvalue weighted by Gasteiger charge is -2.26. The van der Waals surface area contributed by atoms with Gasteiger partial charge in [-0.15, -0.1) is 0 Å². The van der Waals surface area contributed by atoms with Crippen LogP contribution in [-0.2, 0) is 4.79 Å². The minimum atomic E-state index is -0.729. The van der Waals surface area contributed by atoms with E-state index in [4.69, 9.17) is 5.11 Å². The fourth-order valence-corrected chi connectivity index (χ4v) is 2.59. The standard InChI is InChI=1S/C12H15BrN2O3/c13-8-5-10(14-6-8)11(16)15-9-3-1-7(2-4-9)12(17)18/h5-7,9,14H,1-4H2,(H,15,16)(H,17,18). The molecule has 0 unspecified atom stereocenters. The van der Waals surface area contributed by atoms with Gasteiger partial charge in [0.2, 0.25) is 0 Å². The number of hydrogen-bond acceptors (Lipinski definition) is 2. The van der Waals surface area contributed by atoms with Crippen LogP contribution in [0.2, 0.25) is 0 Å². The van der Waals surface area contributed by atoms with Crippen molar-refractivity contribution in [3.63, 3.8) is 0 Å². The van der Waals surface area contributed by atoms with Crippen LogP contribution in [0.25, 0.3) is 0 Å². The molecule has 2 rings (SSSR count). The van der Waals surface area contributed by atoms with Crippen molar-refractivity contribution in [1.29, 1.82) is 0 Å². The summed E-state index contributed by atoms with van der Waals surface area (Å²) in [5.74, 6) is -1.12. The molecule has 1 amide bonds. The number of H-pyrrole nitrogens is 1. The third kappa shape index (κ3) is 3.13. The predicted molar refractivity (Wildman–Crippen MR) is 69.3 cm³/mol. The summed E-state index contributed by atoms with van der Waals surface area (Å²) in [7, 11) is 0. The Bertz CT molecular complexity index is 450. The van der Waals surface area contributed by atoms with Crippen molar-refractivity contribution in [2.24, 2.45) is 5.92 Å². The molecule has 0 aromatic carbocycles. The summed E-state index contributed by atoms with van der Waals surface area (Å²) in [6, 6.07) is 1.80. The highest BCUT2D eigenvalue weighted by molar-refractivity contribution is 9.10. The lowest BCUT2D eigenvalue weighted by Crippen LogP contribution is -2.38. The van der Waals surface area contributed by atoms with Gasteiger partial charge < -0.3 is 15.4 Å². The fraction of sp³-hybridized carbons (Fsp3) is 0.500. The Labute approximate surface area is 113 Å². The van der Waals surface area contributed by atoms with Gasteiger partial charge in [0, 0.05) is 16.7 Å². The number of carboxylic acid groups (broad SMARTS) is 1. The number of nitrogens with one attached hydrogen (secondary N) is 2. The van der Waals surface area contributed by atoms with Crippen LogP contribution >= 0.6 is 15.9 Å². The second-order valence-corrected chi connectivity index (χ2v) is 5.51. The van der Waals surface area contributed by atoms with Crippen molar-refractivity contribution in [3.05, 3.63) is 22.4 Å². The molecule has 1 aromatic rings. The fourth-order valence-electron chi connectivity index (χ4n) is 2.25. The van der Waals surface area contributed by atoms with E-state index in [1.807, 2.05) is 0 Å². The third-order valence-electron chi connectivity index (χ3n) is 3.30. The molecule has 1 aliphatic carbocycles. The molecule has 6 heteroatoms. The van der Waals surface area contributed by atoms with Gasteiger partial charge in [-0.3, -0.25) is 9.59 Å². The molecule has 0 saturated heterocycles. The Morgan fingerprint density at radius 1 is 1.33 bits per heavy atom. The number of carboxylic acids is 1. The largest absolute Gasteiger partial charge is 0.481 e. The van der Waals surface area contributed by atoms with E-state index in [0.717, 1.165) is 17.3 Å². The summed E-state index contributed by atoms with van der Waals surface area (Å²) >= 11 is 3.27. The van der Waals surface area contributed by atoms with Gasteiger partial charge in [-0.05, 0) is 47.7 Å². The molecule has 0 spiro atoms. The number of aliphatic carboxylic acids is 1. The van der Waals surface area contributed by atoms with Crippen molar-refractivity contribution in [1.82, 2.24) is 10.3 Å². The summed E-state index contributed by atoms with van der Waals surface area (Å²) in [6.07, 6.45) is 4.43. The minimum Gasteiger partial charge on any atom is -0.481 e. The monoisotopic (exact) mass is 314 g/mol. The first-order valence-corrected chi connectivity index (χ1v) is 6.73. The van der Waals surface area contributed by atoms with Gasteiger partial charge in [0.05, 0.1) is 5.92 Å². The van der Waals surface area contributed by atoms with Crippen LogP contribution in [0.4, 0.5) is 0 Å². The molecule has 18 heavy (non-hydrogen) atoms. The van der Waals surface area contributed by atoms with Crippen molar-refractivity contribution in [2.75, 3.05) is 0 Å². The van der Waals surface area contributed by atoms with Gasteiger partial charge in [-0.25, -0.2) is 0 Å². The second kappa shape index (κ2) is 5.56. The molecule has 0 aliphatic heterocycles. The Kier molecular flexibility index (Phi) is 4.06. The Morgan fingerprint density at radius 3 is 2.50 bits per heavy atom. The topological polar surface area (TPSA) is 82.2 Å². The van der Waals surface area contributed by atoms with Gasteiger partial charge >= 0.3 is 5.97 Å². The van der Waals surface area contributed by atoms with Crippen LogP contribution in [0, 0.1) is 5.92 Å². The average molecular weight is 315 g/mol. The van der Waals surface area contributed by atoms with Crippen LogP contribution in [-0.4, -0.2) is 28.0 Å². The van der Waals surface area contributed by atoms with Gasteiger partial charge in [0.25, 0.3) is 5.91 Å². The van der Waals surface area contributed by atoms with Crippen LogP contribution in [0.1, 0.15) is 36.2 Å². The zero-order valence-corrected chi connectivity index (χ0v) is 11.4. The molecule has 1 fully saturated rings. The smallest absolute Gasteiger partial charge is 0.306 e. The lowest BCUT2D eigenvalue weighted by molar-refractivity contribution is -0.142. The molecule has 3 N–H and O–H groups in total. The maximum absolute atomic E-state index is 11.9. The maximum atomic E-state index is 11.9. The van der Waals surface area contributed by atoms with E-state index >= 15 is 0 Å². The van der Waals surface area contributed by atoms with Gasteiger partial charge in [0.1, 0.15) is 5.69 Å². The zero-order chi connectivity index (χ0) is 13.1. The van der Waals surface area contributed by atoms with E-state index in [1.54, 1.807) is 12.3 Å². The molecule has 98 valence electrons. The first-order valence-electron chi connectivity index (χ1n) is 5.94. The van der Waals surface area contributed by atoms with Crippen molar-refractivity contribution in [2.45, 2.75) is 31.7 Å². The normalized spacial score (nSPS) is 23.6. The average Bonchev–Trinajstić information content (AvgIpc) is 2.76. The molecule has 1 saturated carbocycles. The quantitative estimate of drug-likeness (QED) is 0.799. The Morgan fingerprint density at radius 2 is 2.00 bits per heavy atom. The number of amides is 1. The third-order valence-corrected chi connectivity index (χ3v) is 3.76. The summed E-state index contributed by atoms with van der Waals surface area (Å²) in [5, 5.41) is 11.8. The van der Waals surface area contributed by atoms with Crippen molar-refractivity contribution < 1.29 is 14.7 Å². The first-order chi connectivity index (χ1) is 8.56. The number of aromatic nitrogens is 1. The second-order valence-electron chi connectivity index (χ2n) is 4.59. The first kappa shape index (κ1) is 13.1. The van der Waals surface area contributed by atoms with Crippen LogP contribution in [0.15, 0.2) is 16.7 Å². The Balaban J connectivity index is 1.85. The predicted octanol–water partition coefficient (Wildman–Crippen LogP) is 2.15. The number of carbonyl (C=O) groups excluding carboxylic acids is 1. The van der Waals surface area contributed by atoms with Gasteiger partial charge in [-0.1, -0.05) is 0 Å². The van der Waals surface area contributed by atoms with E-state index in [0.29, 0.717) is 18.5 Å². The van der Waals surface area contributed by atoms with Gasteiger partial charge in [-0.2, -0.15) is 0 Å². The molecule has 0 radical (unpaired) electrons. The Hall–Kier alpha value is -1.30.